The Balaban J connectivity index is 1.58. The Morgan fingerprint density at radius 2 is 0.895 bits per heavy atom. The van der Waals surface area contributed by atoms with Gasteiger partial charge in [-0.3, -0.25) is 0 Å². The SMILES string of the molecule is CC12C3CCC1C1C3C3C4C5C6CCC4C6(C)C32C15. The Morgan fingerprint density at radius 1 is 0.579 bits per heavy atom. The van der Waals surface area contributed by atoms with Gasteiger partial charge in [-0.25, -0.2) is 0 Å². The maximum Gasteiger partial charge on any atom is -0.0111 e. The second kappa shape index (κ2) is 1.92. The summed E-state index contributed by atoms with van der Waals surface area (Å²) in [5.41, 5.74) is 2.59. The predicted octanol–water partition coefficient (Wildman–Crippen LogP) is 3.82. The Kier molecular flexibility index (Phi) is 0.922. The van der Waals surface area contributed by atoms with Crippen molar-refractivity contribution in [3.05, 3.63) is 0 Å². The van der Waals surface area contributed by atoms with E-state index in [1.165, 1.54) is 59.2 Å². The lowest BCUT2D eigenvalue weighted by atomic mass is 9.52. The van der Waals surface area contributed by atoms with Crippen molar-refractivity contribution in [1.29, 1.82) is 0 Å². The molecule has 8 atom stereocenters. The molecule has 13 bridgehead atoms. The van der Waals surface area contributed by atoms with E-state index < -0.39 is 0 Å². The summed E-state index contributed by atoms with van der Waals surface area (Å²) in [7, 11) is 0. The molecule has 0 heterocycles. The van der Waals surface area contributed by atoms with Crippen molar-refractivity contribution >= 4 is 0 Å². The Morgan fingerprint density at radius 3 is 1.21 bits per heavy atom. The van der Waals surface area contributed by atoms with Crippen molar-refractivity contribution < 1.29 is 0 Å². The van der Waals surface area contributed by atoms with E-state index in [1.807, 2.05) is 0 Å². The highest BCUT2D eigenvalue weighted by Gasteiger charge is 3.03. The average molecular weight is 252 g/mol. The summed E-state index contributed by atoms with van der Waals surface area (Å²) >= 11 is 0. The number of hydrogen-bond donors (Lipinski definition) is 0. The Hall–Kier alpha value is 0. The van der Waals surface area contributed by atoms with Crippen molar-refractivity contribution in [2.75, 3.05) is 0 Å². The van der Waals surface area contributed by atoms with E-state index in [0.717, 1.165) is 16.2 Å². The highest BCUT2D eigenvalue weighted by atomic mass is 15.1. The third kappa shape index (κ3) is 0.426. The molecular formula is C19H24. The van der Waals surface area contributed by atoms with Gasteiger partial charge in [0.05, 0.1) is 0 Å². The summed E-state index contributed by atoms with van der Waals surface area (Å²) in [4.78, 5) is 0. The highest BCUT2D eigenvalue weighted by Crippen LogP contribution is 3.07. The van der Waals surface area contributed by atoms with Gasteiger partial charge >= 0.3 is 0 Å². The van der Waals surface area contributed by atoms with Crippen molar-refractivity contribution in [2.45, 2.75) is 39.5 Å². The molecule has 100 valence electrons. The van der Waals surface area contributed by atoms with Crippen molar-refractivity contribution in [2.24, 2.45) is 75.4 Å². The second-order valence-corrected chi connectivity index (χ2v) is 10.4. The zero-order chi connectivity index (χ0) is 12.1. The van der Waals surface area contributed by atoms with Crippen LogP contribution in [0, 0.1) is 75.4 Å². The monoisotopic (exact) mass is 252 g/mol. The molecule has 0 heteroatoms. The van der Waals surface area contributed by atoms with Crippen LogP contribution in [-0.4, -0.2) is 0 Å². The highest BCUT2D eigenvalue weighted by molar-refractivity contribution is 5.49. The minimum atomic E-state index is 0.841. The van der Waals surface area contributed by atoms with Crippen LogP contribution in [-0.2, 0) is 0 Å². The molecule has 0 aromatic rings. The molecule has 0 N–H and O–H groups in total. The smallest absolute Gasteiger partial charge is 0.0111 e. The standard InChI is InChI=1S/C19H24/c1-17-7-3-4-8(17)12-11(7)15-13-9-5-6-10-14(13)16(12)19(15,17)18(9,10)2/h7-16H,3-6H2,1-2H3. The maximum atomic E-state index is 2.83. The summed E-state index contributed by atoms with van der Waals surface area (Å²) in [6, 6.07) is 0. The number of rotatable bonds is 0. The van der Waals surface area contributed by atoms with Crippen LogP contribution in [0.1, 0.15) is 39.5 Å². The molecule has 10 aliphatic carbocycles. The molecule has 10 saturated carbocycles. The molecule has 0 aliphatic heterocycles. The van der Waals surface area contributed by atoms with Gasteiger partial charge in [0.15, 0.2) is 0 Å². The molecular weight excluding hydrogens is 228 g/mol. The van der Waals surface area contributed by atoms with Crippen LogP contribution in [0.2, 0.25) is 0 Å². The molecule has 0 saturated heterocycles. The van der Waals surface area contributed by atoms with Gasteiger partial charge in [0.1, 0.15) is 0 Å². The minimum Gasteiger partial charge on any atom is -0.0585 e. The van der Waals surface area contributed by atoms with E-state index in [4.69, 9.17) is 0 Å². The van der Waals surface area contributed by atoms with Crippen molar-refractivity contribution in [3.8, 4) is 0 Å². The Labute approximate surface area is 115 Å². The number of hydrogen-bond acceptors (Lipinski definition) is 0. The first-order valence-electron chi connectivity index (χ1n) is 9.20. The first kappa shape index (κ1) is 9.11. The van der Waals surface area contributed by atoms with E-state index in [2.05, 4.69) is 13.8 Å². The summed E-state index contributed by atoms with van der Waals surface area (Å²) in [6.45, 7) is 5.66. The fourth-order valence-electron chi connectivity index (χ4n) is 13.1. The van der Waals surface area contributed by atoms with Gasteiger partial charge in [0, 0.05) is 0 Å². The fraction of sp³-hybridized carbons (Fsp3) is 1.00. The summed E-state index contributed by atoms with van der Waals surface area (Å²) in [5, 5.41) is 0. The van der Waals surface area contributed by atoms with Gasteiger partial charge in [0.2, 0.25) is 0 Å². The lowest BCUT2D eigenvalue weighted by Gasteiger charge is -2.51. The predicted molar refractivity (Wildman–Crippen MR) is 72.0 cm³/mol. The van der Waals surface area contributed by atoms with Gasteiger partial charge in [-0.1, -0.05) is 13.8 Å². The van der Waals surface area contributed by atoms with Gasteiger partial charge < -0.3 is 0 Å². The van der Waals surface area contributed by atoms with Gasteiger partial charge in [-0.2, -0.15) is 0 Å². The summed E-state index contributed by atoms with van der Waals surface area (Å²) in [6.07, 6.45) is 6.54. The van der Waals surface area contributed by atoms with Crippen LogP contribution in [0.15, 0.2) is 0 Å². The third-order valence-electron chi connectivity index (χ3n) is 11.9. The quantitative estimate of drug-likeness (QED) is 0.615. The molecule has 19 heavy (non-hydrogen) atoms. The topological polar surface area (TPSA) is 0 Å². The van der Waals surface area contributed by atoms with Crippen LogP contribution >= 0.6 is 0 Å². The molecule has 10 fully saturated rings. The van der Waals surface area contributed by atoms with E-state index in [-0.39, 0.29) is 0 Å². The zero-order valence-electron chi connectivity index (χ0n) is 12.1. The van der Waals surface area contributed by atoms with Crippen LogP contribution in [0.4, 0.5) is 0 Å². The van der Waals surface area contributed by atoms with Crippen molar-refractivity contribution in [1.82, 2.24) is 0 Å². The fourth-order valence-corrected chi connectivity index (χ4v) is 13.1. The molecule has 0 radical (unpaired) electrons. The molecule has 0 amide bonds. The largest absolute Gasteiger partial charge is 0.0585 e. The lowest BCUT2D eigenvalue weighted by molar-refractivity contribution is -0.0524. The van der Waals surface area contributed by atoms with Gasteiger partial charge in [-0.15, -0.1) is 0 Å². The molecule has 10 aliphatic rings. The summed E-state index contributed by atoms with van der Waals surface area (Å²) < 4.78 is 0. The molecule has 10 rings (SSSR count). The Bertz CT molecular complexity index is 499. The van der Waals surface area contributed by atoms with Crippen molar-refractivity contribution in [3.63, 3.8) is 0 Å². The van der Waals surface area contributed by atoms with Gasteiger partial charge in [0.25, 0.3) is 0 Å². The molecule has 0 aromatic heterocycles. The lowest BCUT2D eigenvalue weighted by Crippen LogP contribution is -2.48. The van der Waals surface area contributed by atoms with Crippen LogP contribution in [0.3, 0.4) is 0 Å². The molecule has 0 nitrogen and oxygen atoms in total. The normalized spacial score (nSPS) is 92.5. The zero-order valence-corrected chi connectivity index (χ0v) is 12.1. The minimum absolute atomic E-state index is 0.841. The maximum absolute atomic E-state index is 2.83. The van der Waals surface area contributed by atoms with Gasteiger partial charge in [-0.05, 0) is 101 Å². The summed E-state index contributed by atoms with van der Waals surface area (Å²) in [5.74, 6) is 12.3. The second-order valence-electron chi connectivity index (χ2n) is 10.4. The van der Waals surface area contributed by atoms with Crippen LogP contribution in [0.25, 0.3) is 0 Å². The molecule has 8 unspecified atom stereocenters. The molecule has 1 spiro atoms. The average Bonchev–Trinajstić information content (AvgIpc) is 3.17. The first-order chi connectivity index (χ1) is 9.20. The van der Waals surface area contributed by atoms with E-state index in [1.54, 1.807) is 25.7 Å². The van der Waals surface area contributed by atoms with Crippen LogP contribution < -0.4 is 0 Å². The first-order valence-corrected chi connectivity index (χ1v) is 9.20. The van der Waals surface area contributed by atoms with Crippen LogP contribution in [0.5, 0.6) is 0 Å². The van der Waals surface area contributed by atoms with E-state index >= 15 is 0 Å². The van der Waals surface area contributed by atoms with E-state index in [9.17, 15) is 0 Å². The third-order valence-corrected chi connectivity index (χ3v) is 11.9. The van der Waals surface area contributed by atoms with E-state index in [0.29, 0.717) is 0 Å². The molecule has 0 aromatic carbocycles.